The second-order valence-electron chi connectivity index (χ2n) is 7.99. The number of nitrogens with zero attached hydrogens (tertiary/aromatic N) is 2. The monoisotopic (exact) mass is 398 g/mol. The summed E-state index contributed by atoms with van der Waals surface area (Å²) < 4.78 is 6.54. The van der Waals surface area contributed by atoms with Crippen LogP contribution in [0.5, 0.6) is 0 Å². The van der Waals surface area contributed by atoms with Crippen LogP contribution in [0.25, 0.3) is 21.0 Å². The molecule has 7 nitrogen and oxygen atoms in total. The third-order valence-electron chi connectivity index (χ3n) is 4.44. The lowest BCUT2D eigenvalue weighted by molar-refractivity contribution is 0.0578. The maximum Gasteiger partial charge on any atom is 0.414 e. The van der Waals surface area contributed by atoms with Gasteiger partial charge in [0.2, 0.25) is 0 Å². The molecule has 2 amide bonds. The minimum atomic E-state index is -0.645. The van der Waals surface area contributed by atoms with E-state index < -0.39 is 11.7 Å². The van der Waals surface area contributed by atoms with Gasteiger partial charge in [-0.1, -0.05) is 0 Å². The summed E-state index contributed by atoms with van der Waals surface area (Å²) in [4.78, 5) is 32.3. The van der Waals surface area contributed by atoms with Gasteiger partial charge in [-0.3, -0.25) is 9.69 Å². The van der Waals surface area contributed by atoms with Crippen molar-refractivity contribution in [3.8, 4) is 0 Å². The third-order valence-corrected chi connectivity index (χ3v) is 5.59. The molecule has 4 rings (SSSR count). The summed E-state index contributed by atoms with van der Waals surface area (Å²) in [5.41, 5.74) is 6.48. The van der Waals surface area contributed by atoms with Crippen LogP contribution in [0.2, 0.25) is 0 Å². The first kappa shape index (κ1) is 18.5. The second-order valence-corrected chi connectivity index (χ2v) is 9.04. The van der Waals surface area contributed by atoms with Gasteiger partial charge in [0, 0.05) is 28.1 Å². The van der Waals surface area contributed by atoms with E-state index in [0.29, 0.717) is 22.9 Å². The average Bonchev–Trinajstić information content (AvgIpc) is 2.92. The van der Waals surface area contributed by atoms with Crippen molar-refractivity contribution >= 4 is 55.8 Å². The van der Waals surface area contributed by atoms with Gasteiger partial charge in [-0.2, -0.15) is 0 Å². The number of nitrogen functional groups attached to an aromatic ring is 1. The minimum absolute atomic E-state index is 0.189. The van der Waals surface area contributed by atoms with Gasteiger partial charge in [-0.25, -0.2) is 9.78 Å². The summed E-state index contributed by atoms with van der Waals surface area (Å²) in [5.74, 6) is 0.231. The normalized spacial score (nSPS) is 17.4. The summed E-state index contributed by atoms with van der Waals surface area (Å²) in [6.45, 7) is 7.66. The van der Waals surface area contributed by atoms with E-state index in [-0.39, 0.29) is 11.9 Å². The van der Waals surface area contributed by atoms with Gasteiger partial charge in [0.1, 0.15) is 16.3 Å². The number of carbonyl (C=O) groups is 2. The van der Waals surface area contributed by atoms with E-state index in [1.807, 2.05) is 45.9 Å². The number of aromatic nitrogens is 1. The first-order chi connectivity index (χ1) is 13.1. The van der Waals surface area contributed by atoms with Crippen molar-refractivity contribution in [2.24, 2.45) is 0 Å². The van der Waals surface area contributed by atoms with E-state index in [0.717, 1.165) is 21.0 Å². The van der Waals surface area contributed by atoms with Crippen LogP contribution in [-0.4, -0.2) is 35.2 Å². The Hall–Kier alpha value is -2.87. The van der Waals surface area contributed by atoms with Gasteiger partial charge in [-0.15, -0.1) is 11.3 Å². The lowest BCUT2D eigenvalue weighted by Crippen LogP contribution is -2.43. The number of carbonyl (C=O) groups excluding carboxylic acids is 2. The second kappa shape index (κ2) is 6.34. The largest absolute Gasteiger partial charge is 0.443 e. The minimum Gasteiger partial charge on any atom is -0.443 e. The molecule has 1 aliphatic rings. The molecule has 8 heteroatoms. The summed E-state index contributed by atoms with van der Waals surface area (Å²) in [5, 5.41) is 4.62. The Morgan fingerprint density at radius 2 is 2.07 bits per heavy atom. The highest BCUT2D eigenvalue weighted by Crippen LogP contribution is 2.43. The average molecular weight is 398 g/mol. The fourth-order valence-electron chi connectivity index (χ4n) is 3.40. The Bertz CT molecular complexity index is 1120. The van der Waals surface area contributed by atoms with Crippen LogP contribution in [0, 0.1) is 0 Å². The molecule has 1 aliphatic heterocycles. The molecule has 0 spiro atoms. The lowest BCUT2D eigenvalue weighted by atomic mass is 10.1. The molecule has 146 valence electrons. The molecule has 0 saturated carbocycles. The lowest BCUT2D eigenvalue weighted by Gasteiger charge is -2.28. The van der Waals surface area contributed by atoms with Gasteiger partial charge < -0.3 is 15.8 Å². The first-order valence-electron chi connectivity index (χ1n) is 9.07. The van der Waals surface area contributed by atoms with Crippen molar-refractivity contribution in [3.63, 3.8) is 0 Å². The molecule has 0 aliphatic carbocycles. The molecule has 2 aromatic heterocycles. The van der Waals surface area contributed by atoms with Crippen LogP contribution in [0.1, 0.15) is 37.4 Å². The Kier molecular flexibility index (Phi) is 4.19. The van der Waals surface area contributed by atoms with Crippen LogP contribution < -0.4 is 16.0 Å². The van der Waals surface area contributed by atoms with Crippen LogP contribution >= 0.6 is 11.3 Å². The number of anilines is 2. The Morgan fingerprint density at radius 1 is 1.32 bits per heavy atom. The highest BCUT2D eigenvalue weighted by molar-refractivity contribution is 7.21. The predicted octanol–water partition coefficient (Wildman–Crippen LogP) is 3.91. The van der Waals surface area contributed by atoms with Crippen molar-refractivity contribution in [2.45, 2.75) is 39.3 Å². The molecule has 0 bridgehead atoms. The van der Waals surface area contributed by atoms with E-state index in [1.165, 1.54) is 11.3 Å². The summed E-state index contributed by atoms with van der Waals surface area (Å²) >= 11 is 1.36. The number of fused-ring (bicyclic) bond motifs is 5. The highest BCUT2D eigenvalue weighted by atomic mass is 32.1. The van der Waals surface area contributed by atoms with Crippen LogP contribution in [-0.2, 0) is 4.74 Å². The van der Waals surface area contributed by atoms with Crippen LogP contribution in [0.4, 0.5) is 16.3 Å². The van der Waals surface area contributed by atoms with Crippen LogP contribution in [0.15, 0.2) is 24.3 Å². The van der Waals surface area contributed by atoms with Crippen molar-refractivity contribution in [1.29, 1.82) is 0 Å². The zero-order chi connectivity index (χ0) is 20.2. The van der Waals surface area contributed by atoms with Gasteiger partial charge >= 0.3 is 6.09 Å². The van der Waals surface area contributed by atoms with Crippen molar-refractivity contribution in [3.05, 3.63) is 29.1 Å². The van der Waals surface area contributed by atoms with E-state index in [2.05, 4.69) is 10.3 Å². The van der Waals surface area contributed by atoms with Crippen molar-refractivity contribution < 1.29 is 14.3 Å². The fourth-order valence-corrected chi connectivity index (χ4v) is 4.52. The van der Waals surface area contributed by atoms with E-state index in [4.69, 9.17) is 10.5 Å². The van der Waals surface area contributed by atoms with E-state index >= 15 is 0 Å². The highest BCUT2D eigenvalue weighted by Gasteiger charge is 2.35. The molecule has 0 radical (unpaired) electrons. The zero-order valence-corrected chi connectivity index (χ0v) is 17.0. The number of nitrogens with two attached hydrogens (primary N) is 1. The van der Waals surface area contributed by atoms with Gasteiger partial charge in [-0.05, 0) is 52.0 Å². The van der Waals surface area contributed by atoms with Gasteiger partial charge in [0.05, 0.1) is 11.2 Å². The number of benzene rings is 1. The summed E-state index contributed by atoms with van der Waals surface area (Å²) in [6.07, 6.45) is -0.475. The SMILES string of the molecule is CC1CN(C(=O)OC(C)(C)C)c2c(sc3ccc4nc(N)ccc4c23)C(=O)N1. The first-order valence-corrected chi connectivity index (χ1v) is 9.89. The van der Waals surface area contributed by atoms with E-state index in [9.17, 15) is 9.59 Å². The quantitative estimate of drug-likeness (QED) is 0.598. The fraction of sp³-hybridized carbons (Fsp3) is 0.350. The molecule has 1 aromatic carbocycles. The molecule has 1 atom stereocenters. The molecular weight excluding hydrogens is 376 g/mol. The molecular formula is C20H22N4O3S. The molecule has 3 heterocycles. The third kappa shape index (κ3) is 3.13. The van der Waals surface area contributed by atoms with Gasteiger partial charge in [0.25, 0.3) is 5.91 Å². The zero-order valence-electron chi connectivity index (χ0n) is 16.2. The van der Waals surface area contributed by atoms with Crippen molar-refractivity contribution in [1.82, 2.24) is 10.3 Å². The molecule has 0 fully saturated rings. The van der Waals surface area contributed by atoms with Gasteiger partial charge in [0.15, 0.2) is 0 Å². The molecule has 3 aromatic rings. The number of ether oxygens (including phenoxy) is 1. The molecule has 28 heavy (non-hydrogen) atoms. The molecule has 1 unspecified atom stereocenters. The Morgan fingerprint density at radius 3 is 2.79 bits per heavy atom. The van der Waals surface area contributed by atoms with E-state index in [1.54, 1.807) is 11.0 Å². The predicted molar refractivity (Wildman–Crippen MR) is 112 cm³/mol. The smallest absolute Gasteiger partial charge is 0.414 e. The van der Waals surface area contributed by atoms with Crippen molar-refractivity contribution in [2.75, 3.05) is 17.2 Å². The maximum absolute atomic E-state index is 13.0. The Labute approximate surface area is 166 Å². The number of hydrogen-bond acceptors (Lipinski definition) is 6. The maximum atomic E-state index is 13.0. The Balaban J connectivity index is 2.01. The summed E-state index contributed by atoms with van der Waals surface area (Å²) in [7, 11) is 0. The molecule has 0 saturated heterocycles. The molecule has 3 N–H and O–H groups in total. The number of pyridine rings is 1. The number of amides is 2. The standard InChI is InChI=1S/C20H22N4O3S/c1-10-9-24(19(26)27-20(2,3)4)16-15-11-5-8-14(21)23-12(11)6-7-13(15)28-17(16)18(25)22-10/h5-8,10H,9H2,1-4H3,(H2,21,23)(H,22,25). The number of thiophene rings is 1. The number of rotatable bonds is 0. The summed E-state index contributed by atoms with van der Waals surface area (Å²) in [6, 6.07) is 7.18. The number of nitrogens with one attached hydrogen (secondary N) is 1. The van der Waals surface area contributed by atoms with Crippen LogP contribution in [0.3, 0.4) is 0 Å². The number of hydrogen-bond donors (Lipinski definition) is 2. The topological polar surface area (TPSA) is 97.6 Å².